The van der Waals surface area contributed by atoms with Crippen LogP contribution in [-0.4, -0.2) is 43.5 Å². The number of hydrogen-bond donors (Lipinski definition) is 1. The average Bonchev–Trinajstić information content (AvgIpc) is 2.46. The van der Waals surface area contributed by atoms with E-state index in [0.29, 0.717) is 13.1 Å². The summed E-state index contributed by atoms with van der Waals surface area (Å²) in [6.45, 7) is 5.44. The molecule has 0 aliphatic carbocycles. The minimum absolute atomic E-state index is 0.114. The minimum atomic E-state index is -4.51. The third kappa shape index (κ3) is 3.47. The van der Waals surface area contributed by atoms with Gasteiger partial charge in [0.2, 0.25) is 5.91 Å². The van der Waals surface area contributed by atoms with Crippen molar-refractivity contribution >= 4 is 11.6 Å². The zero-order valence-corrected chi connectivity index (χ0v) is 11.8. The maximum absolute atomic E-state index is 13.2. The van der Waals surface area contributed by atoms with Crippen LogP contribution in [0.2, 0.25) is 0 Å². The Kier molecular flexibility index (Phi) is 4.41. The van der Waals surface area contributed by atoms with E-state index >= 15 is 0 Å². The lowest BCUT2D eigenvalue weighted by Gasteiger charge is -2.36. The molecule has 0 spiro atoms. The first kappa shape index (κ1) is 15.6. The number of nitrogens with two attached hydrogens (primary N) is 1. The molecular formula is C14H18F3N3O. The highest BCUT2D eigenvalue weighted by Gasteiger charge is 2.36. The van der Waals surface area contributed by atoms with E-state index in [-0.39, 0.29) is 11.3 Å². The van der Waals surface area contributed by atoms with Crippen LogP contribution < -0.4 is 10.6 Å². The monoisotopic (exact) mass is 301 g/mol. The van der Waals surface area contributed by atoms with E-state index < -0.39 is 17.6 Å². The quantitative estimate of drug-likeness (QED) is 0.928. The Morgan fingerprint density at radius 2 is 1.86 bits per heavy atom. The zero-order valence-electron chi connectivity index (χ0n) is 11.8. The number of likely N-dealkylation sites (N-methyl/N-ethyl adjacent to an activating group) is 1. The summed E-state index contributed by atoms with van der Waals surface area (Å²) in [7, 11) is 0. The Morgan fingerprint density at radius 3 is 2.33 bits per heavy atom. The number of alkyl halides is 3. The number of benzene rings is 1. The number of amides is 1. The van der Waals surface area contributed by atoms with Gasteiger partial charge in [-0.15, -0.1) is 0 Å². The summed E-state index contributed by atoms with van der Waals surface area (Å²) in [5.74, 6) is -0.858. The Bertz CT molecular complexity index is 523. The third-order valence-electron chi connectivity index (χ3n) is 3.75. The minimum Gasteiger partial charge on any atom is -0.368 e. The number of primary amides is 1. The number of rotatable bonds is 3. The topological polar surface area (TPSA) is 49.6 Å². The van der Waals surface area contributed by atoms with E-state index in [1.165, 1.54) is 12.1 Å². The van der Waals surface area contributed by atoms with Gasteiger partial charge < -0.3 is 15.5 Å². The summed E-state index contributed by atoms with van der Waals surface area (Å²) in [6, 6.07) is 3.52. The molecular weight excluding hydrogens is 283 g/mol. The van der Waals surface area contributed by atoms with Crippen LogP contribution in [0, 0.1) is 0 Å². The number of hydrogen-bond acceptors (Lipinski definition) is 3. The van der Waals surface area contributed by atoms with Crippen LogP contribution in [-0.2, 0) is 6.18 Å². The molecule has 1 aliphatic heterocycles. The van der Waals surface area contributed by atoms with Crippen molar-refractivity contribution in [2.45, 2.75) is 13.1 Å². The Hall–Kier alpha value is -1.76. The molecule has 1 saturated heterocycles. The molecule has 1 fully saturated rings. The normalized spacial score (nSPS) is 17.0. The van der Waals surface area contributed by atoms with Gasteiger partial charge in [-0.2, -0.15) is 13.2 Å². The third-order valence-corrected chi connectivity index (χ3v) is 3.75. The van der Waals surface area contributed by atoms with Crippen LogP contribution in [0.4, 0.5) is 18.9 Å². The van der Waals surface area contributed by atoms with Crippen molar-refractivity contribution in [2.75, 3.05) is 37.6 Å². The maximum atomic E-state index is 13.2. The predicted octanol–water partition coefficient (Wildman–Crippen LogP) is 1.95. The van der Waals surface area contributed by atoms with E-state index in [0.717, 1.165) is 25.7 Å². The number of halogens is 3. The van der Waals surface area contributed by atoms with Gasteiger partial charge >= 0.3 is 6.18 Å². The molecule has 1 amide bonds. The molecule has 1 aliphatic rings. The summed E-state index contributed by atoms with van der Waals surface area (Å²) in [6.07, 6.45) is -4.51. The van der Waals surface area contributed by atoms with Crippen molar-refractivity contribution in [1.29, 1.82) is 0 Å². The fourth-order valence-electron chi connectivity index (χ4n) is 2.50. The first-order valence-corrected chi connectivity index (χ1v) is 6.81. The standard InChI is InChI=1S/C14H18F3N3O/c1-2-19-5-7-20(8-6-19)12-4-3-10(13(18)21)9-11(12)14(15,16)17/h3-4,9H,2,5-8H2,1H3,(H2,18,21). The van der Waals surface area contributed by atoms with Gasteiger partial charge in [-0.05, 0) is 24.7 Å². The Morgan fingerprint density at radius 1 is 1.24 bits per heavy atom. The second-order valence-electron chi connectivity index (χ2n) is 5.02. The van der Waals surface area contributed by atoms with Gasteiger partial charge in [-0.25, -0.2) is 0 Å². The molecule has 2 N–H and O–H groups in total. The number of nitrogens with zero attached hydrogens (tertiary/aromatic N) is 2. The lowest BCUT2D eigenvalue weighted by Crippen LogP contribution is -2.46. The van der Waals surface area contributed by atoms with Crippen molar-refractivity contribution in [3.8, 4) is 0 Å². The first-order chi connectivity index (χ1) is 9.82. The van der Waals surface area contributed by atoms with Gasteiger partial charge in [0, 0.05) is 37.4 Å². The molecule has 0 atom stereocenters. The molecule has 0 radical (unpaired) electrons. The van der Waals surface area contributed by atoms with Crippen molar-refractivity contribution in [1.82, 2.24) is 4.90 Å². The Balaban J connectivity index is 2.33. The number of carbonyl (C=O) groups is 1. The zero-order chi connectivity index (χ0) is 15.6. The van der Waals surface area contributed by atoms with Gasteiger partial charge in [0.25, 0.3) is 0 Å². The molecule has 7 heteroatoms. The molecule has 0 aromatic heterocycles. The first-order valence-electron chi connectivity index (χ1n) is 6.81. The van der Waals surface area contributed by atoms with E-state index in [2.05, 4.69) is 4.90 Å². The molecule has 0 unspecified atom stereocenters. The van der Waals surface area contributed by atoms with Crippen LogP contribution in [0.1, 0.15) is 22.8 Å². The molecule has 2 rings (SSSR count). The fourth-order valence-corrected chi connectivity index (χ4v) is 2.50. The number of anilines is 1. The molecule has 21 heavy (non-hydrogen) atoms. The van der Waals surface area contributed by atoms with Crippen LogP contribution in [0.5, 0.6) is 0 Å². The van der Waals surface area contributed by atoms with Gasteiger partial charge in [-0.1, -0.05) is 6.92 Å². The van der Waals surface area contributed by atoms with E-state index in [4.69, 9.17) is 5.73 Å². The predicted molar refractivity (Wildman–Crippen MR) is 74.3 cm³/mol. The molecule has 1 heterocycles. The van der Waals surface area contributed by atoms with Crippen molar-refractivity contribution < 1.29 is 18.0 Å². The molecule has 4 nitrogen and oxygen atoms in total. The van der Waals surface area contributed by atoms with E-state index in [9.17, 15) is 18.0 Å². The number of carbonyl (C=O) groups excluding carboxylic acids is 1. The van der Waals surface area contributed by atoms with E-state index in [1.54, 1.807) is 4.90 Å². The molecule has 1 aromatic rings. The average molecular weight is 301 g/mol. The van der Waals surface area contributed by atoms with Gasteiger partial charge in [-0.3, -0.25) is 4.79 Å². The van der Waals surface area contributed by atoms with Crippen LogP contribution >= 0.6 is 0 Å². The number of piperazine rings is 1. The van der Waals surface area contributed by atoms with Crippen LogP contribution in [0.15, 0.2) is 18.2 Å². The lowest BCUT2D eigenvalue weighted by atomic mass is 10.1. The molecule has 1 aromatic carbocycles. The molecule has 0 bridgehead atoms. The summed E-state index contributed by atoms with van der Waals surface area (Å²) < 4.78 is 39.6. The SMILES string of the molecule is CCN1CCN(c2ccc(C(N)=O)cc2C(F)(F)F)CC1. The molecule has 116 valence electrons. The lowest BCUT2D eigenvalue weighted by molar-refractivity contribution is -0.137. The maximum Gasteiger partial charge on any atom is 0.418 e. The summed E-state index contributed by atoms with van der Waals surface area (Å²) in [4.78, 5) is 15.0. The highest BCUT2D eigenvalue weighted by atomic mass is 19.4. The van der Waals surface area contributed by atoms with Gasteiger partial charge in [0.1, 0.15) is 0 Å². The second kappa shape index (κ2) is 5.93. The highest BCUT2D eigenvalue weighted by molar-refractivity contribution is 5.93. The van der Waals surface area contributed by atoms with Crippen molar-refractivity contribution in [3.05, 3.63) is 29.3 Å². The summed E-state index contributed by atoms with van der Waals surface area (Å²) in [5, 5.41) is 0. The van der Waals surface area contributed by atoms with Crippen LogP contribution in [0.25, 0.3) is 0 Å². The fraction of sp³-hybridized carbons (Fsp3) is 0.500. The highest BCUT2D eigenvalue weighted by Crippen LogP contribution is 2.37. The smallest absolute Gasteiger partial charge is 0.368 e. The summed E-state index contributed by atoms with van der Waals surface area (Å²) >= 11 is 0. The summed E-state index contributed by atoms with van der Waals surface area (Å²) in [5.41, 5.74) is 4.25. The Labute approximate surface area is 121 Å². The van der Waals surface area contributed by atoms with Crippen LogP contribution in [0.3, 0.4) is 0 Å². The van der Waals surface area contributed by atoms with Gasteiger partial charge in [0.05, 0.1) is 5.56 Å². The van der Waals surface area contributed by atoms with Crippen molar-refractivity contribution in [2.24, 2.45) is 5.73 Å². The largest absolute Gasteiger partial charge is 0.418 e. The molecule has 0 saturated carbocycles. The van der Waals surface area contributed by atoms with Crippen molar-refractivity contribution in [3.63, 3.8) is 0 Å². The van der Waals surface area contributed by atoms with Gasteiger partial charge in [0.15, 0.2) is 0 Å². The second-order valence-corrected chi connectivity index (χ2v) is 5.02. The van der Waals surface area contributed by atoms with E-state index in [1.807, 2.05) is 6.92 Å².